The second-order valence-corrected chi connectivity index (χ2v) is 2.96. The lowest BCUT2D eigenvalue weighted by Gasteiger charge is -2.25. The molecule has 0 aliphatic heterocycles. The molecular formula is C7H10F3NO2. The number of hydrogen-bond acceptors (Lipinski definition) is 2. The third kappa shape index (κ3) is 4.00. The first-order valence-corrected chi connectivity index (χ1v) is 3.97. The highest BCUT2D eigenvalue weighted by Gasteiger charge is 2.30. The third-order valence-corrected chi connectivity index (χ3v) is 1.79. The van der Waals surface area contributed by atoms with Gasteiger partial charge in [0.25, 0.3) is 0 Å². The van der Waals surface area contributed by atoms with E-state index < -0.39 is 18.9 Å². The summed E-state index contributed by atoms with van der Waals surface area (Å²) in [7, 11) is 0. The van der Waals surface area contributed by atoms with Crippen molar-refractivity contribution in [3.8, 4) is 0 Å². The molecular weight excluding hydrogens is 187 g/mol. The molecule has 3 nitrogen and oxygen atoms in total. The predicted octanol–water partition coefficient (Wildman–Crippen LogP) is 1.83. The van der Waals surface area contributed by atoms with Crippen molar-refractivity contribution in [2.75, 3.05) is 6.61 Å². The van der Waals surface area contributed by atoms with Crippen LogP contribution in [0.5, 0.6) is 0 Å². The quantitative estimate of drug-likeness (QED) is 0.733. The van der Waals surface area contributed by atoms with Crippen LogP contribution in [0.15, 0.2) is 0 Å². The van der Waals surface area contributed by atoms with E-state index in [0.29, 0.717) is 0 Å². The summed E-state index contributed by atoms with van der Waals surface area (Å²) in [4.78, 5) is 10.7. The van der Waals surface area contributed by atoms with Gasteiger partial charge < -0.3 is 10.1 Å². The summed E-state index contributed by atoms with van der Waals surface area (Å²) in [5.74, 6) is 0. The van der Waals surface area contributed by atoms with E-state index >= 15 is 0 Å². The van der Waals surface area contributed by atoms with Gasteiger partial charge in [0.05, 0.1) is 0 Å². The van der Waals surface area contributed by atoms with Crippen LogP contribution in [0, 0.1) is 0 Å². The Labute approximate surface area is 73.2 Å². The smallest absolute Gasteiger partial charge is 0.422 e. The molecule has 13 heavy (non-hydrogen) atoms. The molecule has 0 saturated heterocycles. The lowest BCUT2D eigenvalue weighted by molar-refractivity contribution is -0.160. The van der Waals surface area contributed by atoms with Crippen molar-refractivity contribution in [1.29, 1.82) is 0 Å². The highest BCUT2D eigenvalue weighted by atomic mass is 19.4. The van der Waals surface area contributed by atoms with Gasteiger partial charge in [0.1, 0.15) is 0 Å². The van der Waals surface area contributed by atoms with Crippen LogP contribution in [0.3, 0.4) is 0 Å². The molecule has 0 bridgehead atoms. The van der Waals surface area contributed by atoms with E-state index in [1.165, 1.54) is 0 Å². The van der Waals surface area contributed by atoms with Crippen LogP contribution in [0.4, 0.5) is 18.0 Å². The number of alkyl halides is 3. The van der Waals surface area contributed by atoms with Crippen molar-refractivity contribution in [3.05, 3.63) is 0 Å². The van der Waals surface area contributed by atoms with Crippen LogP contribution in [-0.4, -0.2) is 24.9 Å². The van der Waals surface area contributed by atoms with Gasteiger partial charge >= 0.3 is 12.3 Å². The SMILES string of the molecule is O=C(NC1CCC1)OCC(F)(F)F. The molecule has 1 aliphatic carbocycles. The zero-order chi connectivity index (χ0) is 9.90. The van der Waals surface area contributed by atoms with Gasteiger partial charge in [-0.05, 0) is 19.3 Å². The van der Waals surface area contributed by atoms with E-state index in [1.807, 2.05) is 0 Å². The van der Waals surface area contributed by atoms with E-state index in [1.54, 1.807) is 0 Å². The molecule has 0 aromatic rings. The monoisotopic (exact) mass is 197 g/mol. The van der Waals surface area contributed by atoms with Gasteiger partial charge in [-0.1, -0.05) is 0 Å². The minimum atomic E-state index is -4.45. The largest absolute Gasteiger partial charge is 0.440 e. The molecule has 0 aromatic carbocycles. The molecule has 1 aliphatic rings. The molecule has 0 atom stereocenters. The summed E-state index contributed by atoms with van der Waals surface area (Å²) in [6.07, 6.45) is -2.79. The molecule has 6 heteroatoms. The van der Waals surface area contributed by atoms with E-state index in [9.17, 15) is 18.0 Å². The molecule has 1 rings (SSSR count). The Morgan fingerprint density at radius 3 is 2.46 bits per heavy atom. The molecule has 0 aromatic heterocycles. The molecule has 1 fully saturated rings. The summed E-state index contributed by atoms with van der Waals surface area (Å²) in [6, 6.07) is 0.000679. The molecule has 0 radical (unpaired) electrons. The molecule has 1 saturated carbocycles. The molecule has 0 spiro atoms. The zero-order valence-electron chi connectivity index (χ0n) is 6.86. The average Bonchev–Trinajstić information content (AvgIpc) is 1.91. The highest BCUT2D eigenvalue weighted by Crippen LogP contribution is 2.18. The fraction of sp³-hybridized carbons (Fsp3) is 0.857. The minimum Gasteiger partial charge on any atom is -0.440 e. The van der Waals surface area contributed by atoms with Crippen LogP contribution in [0.1, 0.15) is 19.3 Å². The number of halogens is 3. The molecule has 0 unspecified atom stereocenters. The van der Waals surface area contributed by atoms with Gasteiger partial charge in [-0.3, -0.25) is 0 Å². The van der Waals surface area contributed by atoms with E-state index in [-0.39, 0.29) is 6.04 Å². The Balaban J connectivity index is 2.10. The van der Waals surface area contributed by atoms with Crippen molar-refractivity contribution in [2.45, 2.75) is 31.5 Å². The van der Waals surface area contributed by atoms with Crippen LogP contribution in [-0.2, 0) is 4.74 Å². The van der Waals surface area contributed by atoms with Crippen LogP contribution >= 0.6 is 0 Å². The van der Waals surface area contributed by atoms with Crippen LogP contribution in [0.2, 0.25) is 0 Å². The van der Waals surface area contributed by atoms with E-state index in [0.717, 1.165) is 19.3 Å². The lowest BCUT2D eigenvalue weighted by Crippen LogP contribution is -2.40. The van der Waals surface area contributed by atoms with Crippen LogP contribution in [0.25, 0.3) is 0 Å². The van der Waals surface area contributed by atoms with Gasteiger partial charge in [-0.25, -0.2) is 4.79 Å². The van der Waals surface area contributed by atoms with Crippen molar-refractivity contribution in [3.63, 3.8) is 0 Å². The van der Waals surface area contributed by atoms with Crippen molar-refractivity contribution in [1.82, 2.24) is 5.32 Å². The number of nitrogens with one attached hydrogen (secondary N) is 1. The number of carbonyl (C=O) groups is 1. The molecule has 76 valence electrons. The first-order valence-electron chi connectivity index (χ1n) is 3.97. The minimum absolute atomic E-state index is 0.000679. The Bertz CT molecular complexity index is 189. The van der Waals surface area contributed by atoms with Crippen molar-refractivity contribution in [2.24, 2.45) is 0 Å². The number of carbonyl (C=O) groups excluding carboxylic acids is 1. The number of alkyl carbamates (subject to hydrolysis) is 1. The van der Waals surface area contributed by atoms with E-state index in [2.05, 4.69) is 10.1 Å². The zero-order valence-corrected chi connectivity index (χ0v) is 6.86. The number of rotatable bonds is 2. The average molecular weight is 197 g/mol. The lowest BCUT2D eigenvalue weighted by atomic mass is 9.93. The van der Waals surface area contributed by atoms with E-state index in [4.69, 9.17) is 0 Å². The molecule has 0 heterocycles. The van der Waals surface area contributed by atoms with Gasteiger partial charge in [0.15, 0.2) is 6.61 Å². The number of hydrogen-bond donors (Lipinski definition) is 1. The Kier molecular flexibility index (Phi) is 3.00. The maximum Gasteiger partial charge on any atom is 0.422 e. The summed E-state index contributed by atoms with van der Waals surface area (Å²) in [6.45, 7) is -1.52. The predicted molar refractivity (Wildman–Crippen MR) is 38.2 cm³/mol. The van der Waals surface area contributed by atoms with Gasteiger partial charge in [0, 0.05) is 6.04 Å². The first-order chi connectivity index (χ1) is 5.97. The second-order valence-electron chi connectivity index (χ2n) is 2.96. The topological polar surface area (TPSA) is 38.3 Å². The number of amides is 1. The van der Waals surface area contributed by atoms with Crippen molar-refractivity contribution < 1.29 is 22.7 Å². The fourth-order valence-corrected chi connectivity index (χ4v) is 0.908. The Hall–Kier alpha value is -0.940. The van der Waals surface area contributed by atoms with Crippen LogP contribution < -0.4 is 5.32 Å². The maximum atomic E-state index is 11.5. The summed E-state index contributed by atoms with van der Waals surface area (Å²) < 4.78 is 38.6. The molecule has 1 amide bonds. The van der Waals surface area contributed by atoms with Gasteiger partial charge in [-0.2, -0.15) is 13.2 Å². The standard InChI is InChI=1S/C7H10F3NO2/c8-7(9,10)4-13-6(12)11-5-2-1-3-5/h5H,1-4H2,(H,11,12). The number of ether oxygens (including phenoxy) is 1. The second kappa shape index (κ2) is 3.85. The normalized spacial score (nSPS) is 17.8. The van der Waals surface area contributed by atoms with Crippen molar-refractivity contribution >= 4 is 6.09 Å². The van der Waals surface area contributed by atoms with Gasteiger partial charge in [0.2, 0.25) is 0 Å². The first kappa shape index (κ1) is 10.1. The Morgan fingerprint density at radius 2 is 2.08 bits per heavy atom. The molecule has 1 N–H and O–H groups in total. The summed E-state index contributed by atoms with van der Waals surface area (Å²) >= 11 is 0. The summed E-state index contributed by atoms with van der Waals surface area (Å²) in [5.41, 5.74) is 0. The Morgan fingerprint density at radius 1 is 1.46 bits per heavy atom. The third-order valence-electron chi connectivity index (χ3n) is 1.79. The summed E-state index contributed by atoms with van der Waals surface area (Å²) in [5, 5.41) is 2.33. The van der Waals surface area contributed by atoms with Gasteiger partial charge in [-0.15, -0.1) is 0 Å². The highest BCUT2D eigenvalue weighted by molar-refractivity contribution is 5.67. The maximum absolute atomic E-state index is 11.5. The fourth-order valence-electron chi connectivity index (χ4n) is 0.908.